The van der Waals surface area contributed by atoms with Crippen molar-refractivity contribution in [3.05, 3.63) is 59.7 Å². The number of hydrogen-bond acceptors (Lipinski definition) is 3. The number of benzene rings is 2. The molecule has 0 aliphatic rings. The van der Waals surface area contributed by atoms with Crippen LogP contribution < -0.4 is 10.0 Å². The molecule has 0 bridgehead atoms. The molecular formula is C17H20N2O3S. The maximum Gasteiger partial charge on any atom is 0.255 e. The highest BCUT2D eigenvalue weighted by molar-refractivity contribution is 7.92. The van der Waals surface area contributed by atoms with Crippen LogP contribution in [0, 0.1) is 0 Å². The lowest BCUT2D eigenvalue weighted by molar-refractivity contribution is 0.102. The van der Waals surface area contributed by atoms with Crippen molar-refractivity contribution in [2.24, 2.45) is 0 Å². The van der Waals surface area contributed by atoms with Crippen LogP contribution in [-0.4, -0.2) is 20.6 Å². The van der Waals surface area contributed by atoms with E-state index in [1.165, 1.54) is 6.07 Å². The van der Waals surface area contributed by atoms with Gasteiger partial charge in [0, 0.05) is 16.9 Å². The van der Waals surface area contributed by atoms with Crippen LogP contribution in [0.15, 0.2) is 48.5 Å². The summed E-state index contributed by atoms with van der Waals surface area (Å²) >= 11 is 0. The third-order valence-electron chi connectivity index (χ3n) is 3.26. The molecule has 0 saturated carbocycles. The van der Waals surface area contributed by atoms with E-state index in [9.17, 15) is 13.2 Å². The van der Waals surface area contributed by atoms with Gasteiger partial charge in [-0.1, -0.05) is 38.1 Å². The zero-order valence-corrected chi connectivity index (χ0v) is 14.1. The number of nitrogens with one attached hydrogen (secondary N) is 2. The molecule has 0 heterocycles. The standard InChI is InChI=1S/C17H20N2O3S/c1-12(2)15-9-4-5-10-16(15)18-17(20)13-7-6-8-14(11-13)19-23(3,21)22/h4-12,19H,1-3H3,(H,18,20). The second-order valence-corrected chi connectivity index (χ2v) is 7.40. The summed E-state index contributed by atoms with van der Waals surface area (Å²) < 4.78 is 24.9. The van der Waals surface area contributed by atoms with E-state index in [0.29, 0.717) is 11.3 Å². The van der Waals surface area contributed by atoms with Gasteiger partial charge in [0.25, 0.3) is 5.91 Å². The summed E-state index contributed by atoms with van der Waals surface area (Å²) in [7, 11) is -3.38. The van der Waals surface area contributed by atoms with Gasteiger partial charge in [-0.3, -0.25) is 9.52 Å². The third-order valence-corrected chi connectivity index (χ3v) is 3.87. The van der Waals surface area contributed by atoms with Gasteiger partial charge < -0.3 is 5.32 Å². The Balaban J connectivity index is 2.23. The lowest BCUT2D eigenvalue weighted by Gasteiger charge is -2.14. The van der Waals surface area contributed by atoms with Crippen molar-refractivity contribution in [3.8, 4) is 0 Å². The van der Waals surface area contributed by atoms with Gasteiger partial charge in [-0.25, -0.2) is 8.42 Å². The van der Waals surface area contributed by atoms with E-state index in [4.69, 9.17) is 0 Å². The number of para-hydroxylation sites is 1. The van der Waals surface area contributed by atoms with Crippen LogP contribution in [0.2, 0.25) is 0 Å². The second-order valence-electron chi connectivity index (χ2n) is 5.65. The van der Waals surface area contributed by atoms with Crippen LogP contribution >= 0.6 is 0 Å². The molecule has 0 unspecified atom stereocenters. The van der Waals surface area contributed by atoms with E-state index in [1.54, 1.807) is 18.2 Å². The molecule has 6 heteroatoms. The van der Waals surface area contributed by atoms with E-state index in [2.05, 4.69) is 23.9 Å². The molecule has 0 spiro atoms. The van der Waals surface area contributed by atoms with Gasteiger partial charge in [0.15, 0.2) is 0 Å². The van der Waals surface area contributed by atoms with Gasteiger partial charge in [-0.15, -0.1) is 0 Å². The largest absolute Gasteiger partial charge is 0.322 e. The first kappa shape index (κ1) is 17.0. The van der Waals surface area contributed by atoms with Crippen LogP contribution in [0.3, 0.4) is 0 Å². The Labute approximate surface area is 136 Å². The van der Waals surface area contributed by atoms with E-state index in [1.807, 2.05) is 24.3 Å². The molecule has 1 amide bonds. The van der Waals surface area contributed by atoms with Crippen molar-refractivity contribution in [2.75, 3.05) is 16.3 Å². The van der Waals surface area contributed by atoms with Crippen LogP contribution in [-0.2, 0) is 10.0 Å². The first-order chi connectivity index (χ1) is 10.8. The zero-order valence-electron chi connectivity index (χ0n) is 13.3. The fourth-order valence-corrected chi connectivity index (χ4v) is 2.80. The number of rotatable bonds is 5. The Bertz CT molecular complexity index is 814. The molecule has 2 aromatic carbocycles. The van der Waals surface area contributed by atoms with Crippen LogP contribution in [0.4, 0.5) is 11.4 Å². The molecule has 0 fully saturated rings. The van der Waals surface area contributed by atoms with Crippen LogP contribution in [0.1, 0.15) is 35.7 Å². The van der Waals surface area contributed by atoms with E-state index in [-0.39, 0.29) is 11.8 Å². The highest BCUT2D eigenvalue weighted by atomic mass is 32.2. The zero-order chi connectivity index (χ0) is 17.0. The Morgan fingerprint density at radius 2 is 1.74 bits per heavy atom. The minimum Gasteiger partial charge on any atom is -0.322 e. The fourth-order valence-electron chi connectivity index (χ4n) is 2.25. The average molecular weight is 332 g/mol. The lowest BCUT2D eigenvalue weighted by Crippen LogP contribution is -2.15. The SMILES string of the molecule is CC(C)c1ccccc1NC(=O)c1cccc(NS(C)(=O)=O)c1. The molecule has 5 nitrogen and oxygen atoms in total. The summed E-state index contributed by atoms with van der Waals surface area (Å²) in [5.41, 5.74) is 2.55. The van der Waals surface area contributed by atoms with Gasteiger partial charge in [-0.2, -0.15) is 0 Å². The monoisotopic (exact) mass is 332 g/mol. The van der Waals surface area contributed by atoms with E-state index < -0.39 is 10.0 Å². The predicted molar refractivity (Wildman–Crippen MR) is 93.4 cm³/mol. The minimum atomic E-state index is -3.38. The van der Waals surface area contributed by atoms with E-state index >= 15 is 0 Å². The summed E-state index contributed by atoms with van der Waals surface area (Å²) in [5.74, 6) is -0.0000126. The quantitative estimate of drug-likeness (QED) is 0.881. The van der Waals surface area contributed by atoms with Crippen LogP contribution in [0.5, 0.6) is 0 Å². The Kier molecular flexibility index (Phi) is 5.05. The van der Waals surface area contributed by atoms with Crippen LogP contribution in [0.25, 0.3) is 0 Å². The number of carbonyl (C=O) groups excluding carboxylic acids is 1. The highest BCUT2D eigenvalue weighted by Crippen LogP contribution is 2.24. The molecule has 0 aliphatic carbocycles. The molecule has 2 aromatic rings. The third kappa shape index (κ3) is 4.82. The fraction of sp³-hybridized carbons (Fsp3) is 0.235. The number of anilines is 2. The van der Waals surface area contributed by atoms with Crippen molar-refractivity contribution in [1.29, 1.82) is 0 Å². The van der Waals surface area contributed by atoms with Gasteiger partial charge in [0.1, 0.15) is 0 Å². The summed E-state index contributed by atoms with van der Waals surface area (Å²) in [5, 5.41) is 2.88. The summed E-state index contributed by atoms with van der Waals surface area (Å²) in [6, 6.07) is 14.0. The Hall–Kier alpha value is -2.34. The molecule has 0 saturated heterocycles. The average Bonchev–Trinajstić information content (AvgIpc) is 2.46. The molecule has 122 valence electrons. The van der Waals surface area contributed by atoms with Gasteiger partial charge in [0.2, 0.25) is 10.0 Å². The molecule has 0 aliphatic heterocycles. The maximum atomic E-state index is 12.4. The normalized spacial score (nSPS) is 11.3. The van der Waals surface area contributed by atoms with Crippen molar-refractivity contribution in [3.63, 3.8) is 0 Å². The van der Waals surface area contributed by atoms with Crippen molar-refractivity contribution in [2.45, 2.75) is 19.8 Å². The Morgan fingerprint density at radius 3 is 2.39 bits per heavy atom. The number of carbonyl (C=O) groups is 1. The first-order valence-electron chi connectivity index (χ1n) is 7.24. The summed E-state index contributed by atoms with van der Waals surface area (Å²) in [4.78, 5) is 12.4. The number of amides is 1. The topological polar surface area (TPSA) is 75.3 Å². The maximum absolute atomic E-state index is 12.4. The summed E-state index contributed by atoms with van der Waals surface area (Å²) in [6.07, 6.45) is 1.07. The highest BCUT2D eigenvalue weighted by Gasteiger charge is 2.12. The lowest BCUT2D eigenvalue weighted by atomic mass is 10.0. The molecular weight excluding hydrogens is 312 g/mol. The number of hydrogen-bond donors (Lipinski definition) is 2. The second kappa shape index (κ2) is 6.83. The van der Waals surface area contributed by atoms with Crippen molar-refractivity contribution >= 4 is 27.3 Å². The molecule has 0 aromatic heterocycles. The summed E-state index contributed by atoms with van der Waals surface area (Å²) in [6.45, 7) is 4.11. The van der Waals surface area contributed by atoms with Gasteiger partial charge in [-0.05, 0) is 35.7 Å². The van der Waals surface area contributed by atoms with Gasteiger partial charge in [0.05, 0.1) is 6.26 Å². The smallest absolute Gasteiger partial charge is 0.255 e. The molecule has 23 heavy (non-hydrogen) atoms. The predicted octanol–water partition coefficient (Wildman–Crippen LogP) is 3.43. The molecule has 2 rings (SSSR count). The van der Waals surface area contributed by atoms with Crippen molar-refractivity contribution < 1.29 is 13.2 Å². The van der Waals surface area contributed by atoms with Crippen molar-refractivity contribution in [1.82, 2.24) is 0 Å². The van der Waals surface area contributed by atoms with Gasteiger partial charge >= 0.3 is 0 Å². The van der Waals surface area contributed by atoms with E-state index in [0.717, 1.165) is 17.5 Å². The Morgan fingerprint density at radius 1 is 1.04 bits per heavy atom. The molecule has 0 radical (unpaired) electrons. The number of sulfonamides is 1. The minimum absolute atomic E-state index is 0.282. The molecule has 2 N–H and O–H groups in total. The first-order valence-corrected chi connectivity index (χ1v) is 9.13. The molecule has 0 atom stereocenters.